The van der Waals surface area contributed by atoms with Crippen molar-refractivity contribution in [3.8, 4) is 67.5 Å². The Balaban J connectivity index is 0.000000118. The van der Waals surface area contributed by atoms with Crippen molar-refractivity contribution in [2.24, 2.45) is 23.7 Å². The number of carboxylic acid groups (broad SMARTS) is 4. The van der Waals surface area contributed by atoms with E-state index in [9.17, 15) is 79.2 Å². The summed E-state index contributed by atoms with van der Waals surface area (Å²) in [6.07, 6.45) is 2.69. The zero-order chi connectivity index (χ0) is 87.7. The maximum absolute atomic E-state index is 13.7. The molecular formula is C105H82O16S4. The van der Waals surface area contributed by atoms with Crippen molar-refractivity contribution < 1.29 is 79.2 Å². The van der Waals surface area contributed by atoms with Crippen molar-refractivity contribution in [3.05, 3.63) is 353 Å². The molecule has 12 aromatic carbocycles. The summed E-state index contributed by atoms with van der Waals surface area (Å²) in [6.45, 7) is 9.85. The van der Waals surface area contributed by atoms with Gasteiger partial charge in [0.1, 0.15) is 23.0 Å². The number of aryl methyl sites for hydroxylation is 5. The van der Waals surface area contributed by atoms with Crippen LogP contribution < -0.4 is 0 Å². The van der Waals surface area contributed by atoms with Crippen LogP contribution in [0, 0.1) is 58.3 Å². The van der Waals surface area contributed by atoms with E-state index in [1.165, 1.54) is 45.3 Å². The minimum absolute atomic E-state index is 0.0199. The second-order valence-corrected chi connectivity index (χ2v) is 37.0. The molecule has 0 amide bonds. The number of carbonyl (C=O) groups is 8. The van der Waals surface area contributed by atoms with Gasteiger partial charge in [-0.05, 0) is 212 Å². The summed E-state index contributed by atoms with van der Waals surface area (Å²) in [4.78, 5) is 101. The Morgan fingerprint density at radius 2 is 0.480 bits per heavy atom. The largest absolute Gasteiger partial charge is 0.508 e. The third-order valence-corrected chi connectivity index (χ3v) is 28.7. The number of carbonyl (C=O) groups excluding carboxylic acids is 4. The molecule has 16 nitrogen and oxygen atoms in total. The number of fused-ring (bicyclic) bond motifs is 4. The highest BCUT2D eigenvalue weighted by atomic mass is 32.1. The molecule has 4 fully saturated rings. The van der Waals surface area contributed by atoms with Gasteiger partial charge in [-0.3, -0.25) is 38.4 Å². The highest BCUT2D eigenvalue weighted by molar-refractivity contribution is 7.23. The molecule has 0 saturated heterocycles. The number of ketones is 4. The number of rotatable bonds is 20. The van der Waals surface area contributed by atoms with E-state index in [4.69, 9.17) is 0 Å². The van der Waals surface area contributed by atoms with E-state index < -0.39 is 23.9 Å². The van der Waals surface area contributed by atoms with Crippen LogP contribution >= 0.6 is 45.3 Å². The molecule has 125 heavy (non-hydrogen) atoms. The third kappa shape index (κ3) is 17.2. The molecule has 4 aromatic heterocycles. The fourth-order valence-electron chi connectivity index (χ4n) is 16.9. The van der Waals surface area contributed by atoms with Crippen molar-refractivity contribution in [1.82, 2.24) is 0 Å². The Morgan fingerprint density at radius 1 is 0.264 bits per heavy atom. The maximum atomic E-state index is 13.7. The molecule has 8 N–H and O–H groups in total. The molecular weight excluding hydrogens is 1650 g/mol. The van der Waals surface area contributed by atoms with Crippen molar-refractivity contribution >= 4 is 133 Å². The molecule has 0 radical (unpaired) electrons. The van der Waals surface area contributed by atoms with Gasteiger partial charge in [0, 0.05) is 84.9 Å². The number of phenolic OH excluding ortho intramolecular Hbond substituents is 4. The number of aromatic hydroxyl groups is 4. The van der Waals surface area contributed by atoms with E-state index in [0.29, 0.717) is 67.4 Å². The van der Waals surface area contributed by atoms with E-state index in [0.717, 1.165) is 135 Å². The smallest absolute Gasteiger partial charge is 0.307 e. The van der Waals surface area contributed by atoms with E-state index in [1.54, 1.807) is 48.5 Å². The summed E-state index contributed by atoms with van der Waals surface area (Å²) < 4.78 is 3.40. The van der Waals surface area contributed by atoms with E-state index >= 15 is 0 Å². The number of benzene rings is 12. The van der Waals surface area contributed by atoms with Gasteiger partial charge < -0.3 is 40.9 Å². The number of hydrogen-bond acceptors (Lipinski definition) is 16. The Labute approximate surface area is 734 Å². The minimum Gasteiger partial charge on any atom is -0.508 e. The first-order valence-corrected chi connectivity index (χ1v) is 44.2. The van der Waals surface area contributed by atoms with Gasteiger partial charge >= 0.3 is 23.9 Å². The molecule has 4 heterocycles. The zero-order valence-electron chi connectivity index (χ0n) is 68.2. The van der Waals surface area contributed by atoms with Crippen molar-refractivity contribution in [2.45, 2.75) is 84.0 Å². The van der Waals surface area contributed by atoms with Crippen molar-refractivity contribution in [1.29, 1.82) is 0 Å². The molecule has 4 saturated carbocycles. The Bertz CT molecular complexity index is 6500. The number of hydrogen-bond donors (Lipinski definition) is 8. The lowest BCUT2D eigenvalue weighted by molar-refractivity contribution is -0.139. The van der Waals surface area contributed by atoms with Gasteiger partial charge in [0.2, 0.25) is 23.1 Å². The SMILES string of the molecule is Cc1ccc(C(=O)c2sc3cc(O)ccc3c2-c2ccc(C3CC3C(=O)O)cc2)cc1.Cc1ccc(C(=O)c2sc3cc(O)ccc3c2-c2ccc(C3CC3C(=O)O)cc2)cc1.Cc1ccc(C(=O)c2sc3cc(O)ccc3c2-c2ccc(C3CC3C(=O)O)cc2)cc1.Cc1cccc(C)c1C(=O)c1sc2cc(O)ccc2c1-c1ccc(C2CC2C(=O)O)cc1. The average molecular weight is 1730 g/mol. The minimum atomic E-state index is -0.747. The monoisotopic (exact) mass is 1730 g/mol. The van der Waals surface area contributed by atoms with E-state index in [-0.39, 0.29) is 93.5 Å². The van der Waals surface area contributed by atoms with Crippen molar-refractivity contribution in [3.63, 3.8) is 0 Å². The summed E-state index contributed by atoms with van der Waals surface area (Å²) in [5.74, 6) is -3.42. The second kappa shape index (κ2) is 34.2. The molecule has 4 aliphatic rings. The summed E-state index contributed by atoms with van der Waals surface area (Å²) >= 11 is 5.53. The highest BCUT2D eigenvalue weighted by Gasteiger charge is 2.47. The van der Waals surface area contributed by atoms with E-state index in [2.05, 4.69) is 0 Å². The van der Waals surface area contributed by atoms with Crippen LogP contribution in [0.1, 0.15) is 160 Å². The first kappa shape index (κ1) is 83.5. The summed E-state index contributed by atoms with van der Waals surface area (Å²) in [6, 6.07) is 80.6. The number of thiophene rings is 4. The predicted octanol–water partition coefficient (Wildman–Crippen LogP) is 24.3. The zero-order valence-corrected chi connectivity index (χ0v) is 71.5. The van der Waals surface area contributed by atoms with Gasteiger partial charge in [0.05, 0.1) is 43.2 Å². The quantitative estimate of drug-likeness (QED) is 0.0329. The molecule has 20 heteroatoms. The van der Waals surface area contributed by atoms with Crippen LogP contribution in [-0.2, 0) is 19.2 Å². The van der Waals surface area contributed by atoms with E-state index in [1.807, 2.05) is 247 Å². The lowest BCUT2D eigenvalue weighted by Crippen LogP contribution is -2.05. The first-order valence-electron chi connectivity index (χ1n) is 40.9. The molecule has 0 aliphatic heterocycles. The fourth-order valence-corrected chi connectivity index (χ4v) is 21.7. The van der Waals surface area contributed by atoms with Gasteiger partial charge in [-0.15, -0.1) is 45.3 Å². The Morgan fingerprint density at radius 3 is 0.688 bits per heavy atom. The normalized spacial score (nSPS) is 17.5. The third-order valence-electron chi connectivity index (χ3n) is 24.1. The lowest BCUT2D eigenvalue weighted by Gasteiger charge is -2.10. The van der Waals surface area contributed by atoms with Gasteiger partial charge in [-0.2, -0.15) is 0 Å². The molecule has 0 spiro atoms. The summed E-state index contributed by atoms with van der Waals surface area (Å²) in [5, 5.41) is 80.3. The number of phenols is 4. The topological polar surface area (TPSA) is 298 Å². The average Bonchev–Trinajstić information content (AvgIpc) is 1.60. The molecule has 8 unspecified atom stereocenters. The molecule has 0 bridgehead atoms. The molecule has 622 valence electrons. The van der Waals surface area contributed by atoms with Gasteiger partial charge in [0.25, 0.3) is 0 Å². The molecule has 4 aliphatic carbocycles. The highest BCUT2D eigenvalue weighted by Crippen LogP contribution is 2.54. The Kier molecular flexibility index (Phi) is 22.8. The van der Waals surface area contributed by atoms with Crippen LogP contribution in [0.2, 0.25) is 0 Å². The van der Waals surface area contributed by atoms with Crippen LogP contribution in [0.15, 0.2) is 261 Å². The second-order valence-electron chi connectivity index (χ2n) is 32.8. The van der Waals surface area contributed by atoms with Crippen LogP contribution in [-0.4, -0.2) is 87.9 Å². The first-order chi connectivity index (χ1) is 60.1. The number of carboxylic acids is 4. The maximum Gasteiger partial charge on any atom is 0.307 e. The Hall–Kier alpha value is -13.8. The summed E-state index contributed by atoms with van der Waals surface area (Å²) in [5.41, 5.74) is 18.8. The van der Waals surface area contributed by atoms with Crippen molar-refractivity contribution in [2.75, 3.05) is 0 Å². The van der Waals surface area contributed by atoms with Crippen LogP contribution in [0.3, 0.4) is 0 Å². The van der Waals surface area contributed by atoms with Crippen LogP contribution in [0.25, 0.3) is 84.9 Å². The summed E-state index contributed by atoms with van der Waals surface area (Å²) in [7, 11) is 0. The van der Waals surface area contributed by atoms with Gasteiger partial charge in [0.15, 0.2) is 0 Å². The van der Waals surface area contributed by atoms with Crippen LogP contribution in [0.4, 0.5) is 0 Å². The molecule has 8 atom stereocenters. The standard InChI is InChI=1S/C27H22O4S.3C26H20O4S/c1-14-4-3-5-15(2)23(14)25(29)26-24(19-11-10-18(28)12-22(19)32-26)17-8-6-16(7-9-17)20-13-21(20)27(30)31;3*1-14-2-4-17(5-3-14)24(28)25-23(19-11-10-18(27)12-22(19)31-25)16-8-6-15(7-9-16)20-13-21(20)26(29)30/h3-12,20-21,28H,13H2,1-2H3,(H,30,31);3*2-12,20-21,27H,13H2,1H3,(H,29,30). The fraction of sp³-hybridized carbons (Fsp3) is 0.162. The molecule has 16 aromatic rings. The van der Waals surface area contributed by atoms with Gasteiger partial charge in [-0.1, -0.05) is 205 Å². The number of aliphatic carboxylic acids is 4. The van der Waals surface area contributed by atoms with Crippen LogP contribution in [0.5, 0.6) is 23.0 Å². The predicted molar refractivity (Wildman–Crippen MR) is 493 cm³/mol. The molecule has 20 rings (SSSR count). The van der Waals surface area contributed by atoms with Gasteiger partial charge in [-0.25, -0.2) is 0 Å². The lowest BCUT2D eigenvalue weighted by atomic mass is 9.93.